The van der Waals surface area contributed by atoms with E-state index < -0.39 is 0 Å². The summed E-state index contributed by atoms with van der Waals surface area (Å²) < 4.78 is 5.25. The molecule has 2 N–H and O–H groups in total. The van der Waals surface area contributed by atoms with Crippen molar-refractivity contribution in [2.75, 3.05) is 13.2 Å². The number of pyridine rings is 1. The van der Waals surface area contributed by atoms with Gasteiger partial charge >= 0.3 is 0 Å². The number of aryl methyl sites for hydroxylation is 1. The third kappa shape index (κ3) is 2.89. The number of benzene rings is 1. The molecule has 0 saturated heterocycles. The van der Waals surface area contributed by atoms with Crippen LogP contribution in [-0.4, -0.2) is 28.4 Å². The van der Waals surface area contributed by atoms with E-state index in [9.17, 15) is 0 Å². The average Bonchev–Trinajstić information content (AvgIpc) is 2.47. The highest BCUT2D eigenvalue weighted by molar-refractivity contribution is 5.85. The minimum absolute atomic E-state index is 0.242. The molecule has 0 radical (unpaired) electrons. The Bertz CT molecular complexity index is 745. The zero-order valence-corrected chi connectivity index (χ0v) is 11.0. The monoisotopic (exact) mass is 267 g/mol. The number of para-hydroxylation sites is 1. The van der Waals surface area contributed by atoms with Crippen molar-refractivity contribution in [1.82, 2.24) is 4.98 Å². The van der Waals surface area contributed by atoms with Crippen LogP contribution >= 0.6 is 0 Å². The highest BCUT2D eigenvalue weighted by Gasteiger charge is 2.11. The van der Waals surface area contributed by atoms with Gasteiger partial charge < -0.3 is 14.9 Å². The Balaban J connectivity index is 2.63. The van der Waals surface area contributed by atoms with Crippen LogP contribution in [-0.2, 0) is 0 Å². The lowest BCUT2D eigenvalue weighted by atomic mass is 10.0. The first kappa shape index (κ1) is 13.9. The molecule has 1 aromatic heterocycles. The minimum atomic E-state index is -0.287. The molecule has 0 aliphatic heterocycles. The molecule has 0 aliphatic rings. The molecule has 1 heterocycles. The maximum Gasteiger partial charge on any atom is 0.247 e. The fourth-order valence-electron chi connectivity index (χ4n) is 1.81. The number of hydrogen-bond donors (Lipinski definition) is 2. The van der Waals surface area contributed by atoms with Crippen molar-refractivity contribution in [3.8, 4) is 29.7 Å². The number of fused-ring (bicyclic) bond motifs is 1. The Hall–Kier alpha value is -2.53. The first-order valence-corrected chi connectivity index (χ1v) is 6.02. The maximum absolute atomic E-state index is 8.84. The highest BCUT2D eigenvalue weighted by Crippen LogP contribution is 2.26. The summed E-state index contributed by atoms with van der Waals surface area (Å²) in [5.74, 6) is 8.10. The van der Waals surface area contributed by atoms with Gasteiger partial charge in [-0.2, -0.15) is 0 Å². The molecule has 4 heteroatoms. The number of aliphatic hydroxyl groups excluding tert-OH is 2. The van der Waals surface area contributed by atoms with E-state index in [0.717, 1.165) is 16.5 Å². The normalized spacial score (nSPS) is 9.35. The van der Waals surface area contributed by atoms with Crippen LogP contribution in [0.5, 0.6) is 5.88 Å². The fourth-order valence-corrected chi connectivity index (χ4v) is 1.81. The molecule has 0 unspecified atom stereocenters. The van der Waals surface area contributed by atoms with Gasteiger partial charge in [-0.3, -0.25) is 0 Å². The van der Waals surface area contributed by atoms with Gasteiger partial charge in [0, 0.05) is 5.39 Å². The molecule has 0 amide bonds. The number of ether oxygens (including phenoxy) is 1. The SMILES string of the molecule is Cc1c(C#CCO)c(OC#CCO)nc2ccccc12. The molecule has 0 atom stereocenters. The van der Waals surface area contributed by atoms with E-state index in [-0.39, 0.29) is 19.1 Å². The molecule has 1 aromatic carbocycles. The van der Waals surface area contributed by atoms with Crippen LogP contribution in [0.15, 0.2) is 24.3 Å². The second kappa shape index (κ2) is 6.58. The quantitative estimate of drug-likeness (QED) is 0.763. The van der Waals surface area contributed by atoms with Crippen molar-refractivity contribution in [1.29, 1.82) is 0 Å². The van der Waals surface area contributed by atoms with Gasteiger partial charge in [0.25, 0.3) is 0 Å². The van der Waals surface area contributed by atoms with Crippen molar-refractivity contribution >= 4 is 10.9 Å². The first-order valence-electron chi connectivity index (χ1n) is 6.02. The molecule has 20 heavy (non-hydrogen) atoms. The molecule has 0 bridgehead atoms. The lowest BCUT2D eigenvalue weighted by Gasteiger charge is -2.08. The van der Waals surface area contributed by atoms with Gasteiger partial charge in [0.05, 0.1) is 11.1 Å². The number of aromatic nitrogens is 1. The Kier molecular flexibility index (Phi) is 4.57. The van der Waals surface area contributed by atoms with E-state index >= 15 is 0 Å². The Morgan fingerprint density at radius 3 is 2.65 bits per heavy atom. The summed E-state index contributed by atoms with van der Waals surface area (Å²) >= 11 is 0. The third-order valence-electron chi connectivity index (χ3n) is 2.71. The molecule has 0 spiro atoms. The predicted octanol–water partition coefficient (Wildman–Crippen LogP) is 1.22. The van der Waals surface area contributed by atoms with E-state index in [1.54, 1.807) is 0 Å². The standard InChI is InChI=1S/C16H13NO3/c1-12-13-6-2-3-8-15(13)17-16(20-11-5-10-19)14(12)7-4-9-18/h2-3,6,8,18-19H,9-10H2,1H3. The predicted molar refractivity (Wildman–Crippen MR) is 75.9 cm³/mol. The van der Waals surface area contributed by atoms with Crippen LogP contribution < -0.4 is 4.74 Å². The fraction of sp³-hybridized carbons (Fsp3) is 0.188. The van der Waals surface area contributed by atoms with Gasteiger partial charge in [0.2, 0.25) is 5.88 Å². The molecule has 100 valence electrons. The zero-order valence-electron chi connectivity index (χ0n) is 11.0. The van der Waals surface area contributed by atoms with E-state index in [1.165, 1.54) is 0 Å². The Morgan fingerprint density at radius 2 is 1.90 bits per heavy atom. The van der Waals surface area contributed by atoms with Crippen LogP contribution in [0.1, 0.15) is 11.1 Å². The van der Waals surface area contributed by atoms with Crippen molar-refractivity contribution < 1.29 is 14.9 Å². The number of aliphatic hydroxyl groups is 2. The van der Waals surface area contributed by atoms with Crippen molar-refractivity contribution in [2.45, 2.75) is 6.92 Å². The van der Waals surface area contributed by atoms with Crippen LogP contribution in [0, 0.1) is 30.8 Å². The van der Waals surface area contributed by atoms with Gasteiger partial charge in [-0.25, -0.2) is 4.98 Å². The Labute approximate surface area is 117 Å². The minimum Gasteiger partial charge on any atom is -0.386 e. The molecule has 0 saturated carbocycles. The number of nitrogens with zero attached hydrogens (tertiary/aromatic N) is 1. The summed E-state index contributed by atoms with van der Waals surface area (Å²) in [6.07, 6.45) is 2.37. The molecular weight excluding hydrogens is 254 g/mol. The van der Waals surface area contributed by atoms with E-state index in [4.69, 9.17) is 14.9 Å². The van der Waals surface area contributed by atoms with E-state index in [1.807, 2.05) is 31.2 Å². The third-order valence-corrected chi connectivity index (χ3v) is 2.71. The second-order valence-corrected chi connectivity index (χ2v) is 3.93. The first-order chi connectivity index (χ1) is 9.77. The van der Waals surface area contributed by atoms with E-state index in [2.05, 4.69) is 28.9 Å². The van der Waals surface area contributed by atoms with Gasteiger partial charge in [-0.1, -0.05) is 30.0 Å². The lowest BCUT2D eigenvalue weighted by molar-refractivity contribution is 0.349. The van der Waals surface area contributed by atoms with Crippen molar-refractivity contribution in [3.05, 3.63) is 35.4 Å². The number of hydrogen-bond acceptors (Lipinski definition) is 4. The van der Waals surface area contributed by atoms with Crippen molar-refractivity contribution in [2.24, 2.45) is 0 Å². The number of rotatable bonds is 1. The molecular formula is C16H13NO3. The molecule has 0 fully saturated rings. The Morgan fingerprint density at radius 1 is 1.15 bits per heavy atom. The summed E-state index contributed by atoms with van der Waals surface area (Å²) in [6.45, 7) is 1.38. The van der Waals surface area contributed by atoms with E-state index in [0.29, 0.717) is 5.56 Å². The van der Waals surface area contributed by atoms with Gasteiger partial charge in [0.15, 0.2) is 0 Å². The topological polar surface area (TPSA) is 62.6 Å². The summed E-state index contributed by atoms with van der Waals surface area (Å²) in [6, 6.07) is 7.63. The summed E-state index contributed by atoms with van der Waals surface area (Å²) in [5.41, 5.74) is 2.28. The summed E-state index contributed by atoms with van der Waals surface area (Å²) in [4.78, 5) is 4.37. The molecule has 4 nitrogen and oxygen atoms in total. The van der Waals surface area contributed by atoms with Crippen LogP contribution in [0.3, 0.4) is 0 Å². The maximum atomic E-state index is 8.84. The lowest BCUT2D eigenvalue weighted by Crippen LogP contribution is -1.97. The highest BCUT2D eigenvalue weighted by atomic mass is 16.5. The average molecular weight is 267 g/mol. The molecule has 2 rings (SSSR count). The summed E-state index contributed by atoms with van der Waals surface area (Å²) in [5, 5.41) is 18.5. The largest absolute Gasteiger partial charge is 0.386 e. The van der Waals surface area contributed by atoms with Crippen LogP contribution in [0.2, 0.25) is 0 Å². The smallest absolute Gasteiger partial charge is 0.247 e. The zero-order chi connectivity index (χ0) is 14.4. The second-order valence-electron chi connectivity index (χ2n) is 3.93. The van der Waals surface area contributed by atoms with Gasteiger partial charge in [-0.15, -0.1) is 0 Å². The molecule has 2 aromatic rings. The van der Waals surface area contributed by atoms with Gasteiger partial charge in [-0.05, 0) is 24.5 Å². The summed E-state index contributed by atoms with van der Waals surface area (Å²) in [7, 11) is 0. The van der Waals surface area contributed by atoms with Crippen LogP contribution in [0.25, 0.3) is 10.9 Å². The van der Waals surface area contributed by atoms with Gasteiger partial charge in [0.1, 0.15) is 19.3 Å². The molecule has 0 aliphatic carbocycles. The van der Waals surface area contributed by atoms with Crippen molar-refractivity contribution in [3.63, 3.8) is 0 Å². The van der Waals surface area contributed by atoms with Crippen LogP contribution in [0.4, 0.5) is 0 Å².